The minimum atomic E-state index is -0.105. The van der Waals surface area contributed by atoms with Crippen LogP contribution in [0.5, 0.6) is 5.75 Å². The molecule has 3 amide bonds. The van der Waals surface area contributed by atoms with Gasteiger partial charge >= 0.3 is 0 Å². The second-order valence-corrected chi connectivity index (χ2v) is 9.48. The van der Waals surface area contributed by atoms with Gasteiger partial charge in [0.05, 0.1) is 0 Å². The van der Waals surface area contributed by atoms with E-state index in [1.54, 1.807) is 4.90 Å². The molecule has 4 rings (SSSR count). The number of hydrogen-bond acceptors (Lipinski definition) is 5. The average Bonchev–Trinajstić information content (AvgIpc) is 3.31. The summed E-state index contributed by atoms with van der Waals surface area (Å²) in [6.45, 7) is 5.40. The molecule has 0 radical (unpaired) electrons. The molecular weight excluding hydrogens is 438 g/mol. The molecule has 0 saturated carbocycles. The molecule has 2 aliphatic heterocycles. The van der Waals surface area contributed by atoms with Gasteiger partial charge in [-0.05, 0) is 30.9 Å². The molecule has 0 atom stereocenters. The van der Waals surface area contributed by atoms with Gasteiger partial charge in [-0.2, -0.15) is 0 Å². The van der Waals surface area contributed by atoms with Crippen LogP contribution in [-0.2, 0) is 9.59 Å². The first-order valence-corrected chi connectivity index (χ1v) is 12.6. The predicted octanol–water partition coefficient (Wildman–Crippen LogP) is 3.50. The lowest BCUT2D eigenvalue weighted by Gasteiger charge is -2.34. The third-order valence-electron chi connectivity index (χ3n) is 6.23. The number of piperazine rings is 1. The number of carbonyl (C=O) groups is 3. The van der Waals surface area contributed by atoms with Gasteiger partial charge in [0.1, 0.15) is 10.6 Å². The van der Waals surface area contributed by atoms with Gasteiger partial charge in [-0.3, -0.25) is 14.4 Å². The molecule has 2 fully saturated rings. The summed E-state index contributed by atoms with van der Waals surface area (Å²) in [5.74, 6) is 0.435. The SMILES string of the molecule is CCC(=O)N1CCN(C(=O)c2sc(-c3ccccc3)cc2OCC(=O)N2CCCCC2)CC1. The Morgan fingerprint density at radius 1 is 0.848 bits per heavy atom. The molecule has 2 aliphatic rings. The summed E-state index contributed by atoms with van der Waals surface area (Å²) in [5.41, 5.74) is 1.01. The third-order valence-corrected chi connectivity index (χ3v) is 7.39. The Morgan fingerprint density at radius 3 is 2.15 bits per heavy atom. The van der Waals surface area contributed by atoms with Crippen molar-refractivity contribution in [3.8, 4) is 16.2 Å². The van der Waals surface area contributed by atoms with Gasteiger partial charge in [0.2, 0.25) is 5.91 Å². The van der Waals surface area contributed by atoms with Crippen molar-refractivity contribution < 1.29 is 19.1 Å². The van der Waals surface area contributed by atoms with Gasteiger partial charge in [0.15, 0.2) is 6.61 Å². The van der Waals surface area contributed by atoms with Gasteiger partial charge in [-0.1, -0.05) is 37.3 Å². The number of piperidine rings is 1. The van der Waals surface area contributed by atoms with Crippen LogP contribution in [0.3, 0.4) is 0 Å². The number of thiophene rings is 1. The zero-order chi connectivity index (χ0) is 23.2. The van der Waals surface area contributed by atoms with Crippen LogP contribution < -0.4 is 4.74 Å². The van der Waals surface area contributed by atoms with Gasteiger partial charge in [-0.15, -0.1) is 11.3 Å². The first-order valence-electron chi connectivity index (χ1n) is 11.7. The van der Waals surface area contributed by atoms with Crippen molar-refractivity contribution in [3.63, 3.8) is 0 Å². The lowest BCUT2D eigenvalue weighted by atomic mass is 10.1. The van der Waals surface area contributed by atoms with Crippen LogP contribution in [0.4, 0.5) is 0 Å². The van der Waals surface area contributed by atoms with E-state index in [0.29, 0.717) is 43.2 Å². The van der Waals surface area contributed by atoms with E-state index >= 15 is 0 Å². The molecule has 33 heavy (non-hydrogen) atoms. The van der Waals surface area contributed by atoms with Crippen LogP contribution in [0.25, 0.3) is 10.4 Å². The fourth-order valence-corrected chi connectivity index (χ4v) is 5.35. The van der Waals surface area contributed by atoms with E-state index in [1.165, 1.54) is 11.3 Å². The fraction of sp³-hybridized carbons (Fsp3) is 0.480. The van der Waals surface area contributed by atoms with Crippen LogP contribution in [-0.4, -0.2) is 78.3 Å². The summed E-state index contributed by atoms with van der Waals surface area (Å²) in [6.07, 6.45) is 3.69. The molecule has 2 aromatic rings. The quantitative estimate of drug-likeness (QED) is 0.649. The summed E-state index contributed by atoms with van der Waals surface area (Å²) in [7, 11) is 0. The van der Waals surface area contributed by atoms with Crippen molar-refractivity contribution in [3.05, 3.63) is 41.3 Å². The first kappa shape index (κ1) is 23.3. The number of nitrogens with zero attached hydrogens (tertiary/aromatic N) is 3. The maximum Gasteiger partial charge on any atom is 0.267 e. The van der Waals surface area contributed by atoms with E-state index in [9.17, 15) is 14.4 Å². The Morgan fingerprint density at radius 2 is 1.48 bits per heavy atom. The predicted molar refractivity (Wildman–Crippen MR) is 128 cm³/mol. The van der Waals surface area contributed by atoms with Crippen LogP contribution in [0, 0.1) is 0 Å². The van der Waals surface area contributed by atoms with E-state index in [0.717, 1.165) is 42.8 Å². The second-order valence-electron chi connectivity index (χ2n) is 8.43. The Bertz CT molecular complexity index is 977. The third kappa shape index (κ3) is 5.55. The molecule has 0 bridgehead atoms. The van der Waals surface area contributed by atoms with Crippen molar-refractivity contribution in [1.82, 2.24) is 14.7 Å². The van der Waals surface area contributed by atoms with E-state index in [-0.39, 0.29) is 24.3 Å². The number of benzene rings is 1. The van der Waals surface area contributed by atoms with Crippen LogP contribution in [0.15, 0.2) is 36.4 Å². The molecule has 0 aliphatic carbocycles. The molecule has 1 aromatic carbocycles. The van der Waals surface area contributed by atoms with Gasteiger partial charge in [0, 0.05) is 50.6 Å². The normalized spacial score (nSPS) is 16.6. The minimum Gasteiger partial charge on any atom is -0.482 e. The van der Waals surface area contributed by atoms with Gasteiger partial charge < -0.3 is 19.4 Å². The lowest BCUT2D eigenvalue weighted by Crippen LogP contribution is -2.50. The van der Waals surface area contributed by atoms with E-state index in [1.807, 2.05) is 53.1 Å². The molecule has 0 N–H and O–H groups in total. The summed E-state index contributed by atoms with van der Waals surface area (Å²) < 4.78 is 5.95. The Labute approximate surface area is 198 Å². The number of hydrogen-bond donors (Lipinski definition) is 0. The number of ether oxygens (including phenoxy) is 1. The van der Waals surface area contributed by atoms with Crippen molar-refractivity contribution in [2.45, 2.75) is 32.6 Å². The minimum absolute atomic E-state index is 0.0350. The topological polar surface area (TPSA) is 70.2 Å². The largest absolute Gasteiger partial charge is 0.482 e. The highest BCUT2D eigenvalue weighted by atomic mass is 32.1. The molecular formula is C25H31N3O4S. The number of carbonyl (C=O) groups excluding carboxylic acids is 3. The first-order chi connectivity index (χ1) is 16.1. The van der Waals surface area contributed by atoms with Crippen LogP contribution in [0.1, 0.15) is 42.3 Å². The maximum absolute atomic E-state index is 13.4. The van der Waals surface area contributed by atoms with Crippen molar-refractivity contribution in [1.29, 1.82) is 0 Å². The zero-order valence-corrected chi connectivity index (χ0v) is 19.9. The zero-order valence-electron chi connectivity index (χ0n) is 19.1. The standard InChI is InChI=1S/C25H31N3O4S/c1-2-22(29)27-13-15-28(16-14-27)25(31)24-20(17-21(33-24)19-9-5-3-6-10-19)32-18-23(30)26-11-7-4-8-12-26/h3,5-6,9-10,17H,2,4,7-8,11-16,18H2,1H3. The van der Waals surface area contributed by atoms with Gasteiger partial charge in [-0.25, -0.2) is 0 Å². The molecule has 0 unspecified atom stereocenters. The van der Waals surface area contributed by atoms with Gasteiger partial charge in [0.25, 0.3) is 11.8 Å². The smallest absolute Gasteiger partial charge is 0.267 e. The summed E-state index contributed by atoms with van der Waals surface area (Å²) in [5, 5.41) is 0. The Hall–Kier alpha value is -2.87. The summed E-state index contributed by atoms with van der Waals surface area (Å²) >= 11 is 1.39. The fourth-order valence-electron chi connectivity index (χ4n) is 4.28. The highest BCUT2D eigenvalue weighted by Gasteiger charge is 2.28. The highest BCUT2D eigenvalue weighted by Crippen LogP contribution is 2.37. The van der Waals surface area contributed by atoms with Crippen molar-refractivity contribution >= 4 is 29.1 Å². The second kappa shape index (κ2) is 10.8. The molecule has 176 valence electrons. The number of rotatable bonds is 6. The molecule has 7 nitrogen and oxygen atoms in total. The summed E-state index contributed by atoms with van der Waals surface area (Å²) in [6, 6.07) is 11.7. The number of likely N-dealkylation sites (tertiary alicyclic amines) is 1. The monoisotopic (exact) mass is 469 g/mol. The highest BCUT2D eigenvalue weighted by molar-refractivity contribution is 7.17. The van der Waals surface area contributed by atoms with Crippen LogP contribution in [0.2, 0.25) is 0 Å². The number of amides is 3. The van der Waals surface area contributed by atoms with Crippen LogP contribution >= 0.6 is 11.3 Å². The van der Waals surface area contributed by atoms with Crippen molar-refractivity contribution in [2.24, 2.45) is 0 Å². The molecule has 2 saturated heterocycles. The lowest BCUT2D eigenvalue weighted by molar-refractivity contribution is -0.134. The van der Waals surface area contributed by atoms with E-state index in [2.05, 4.69) is 0 Å². The van der Waals surface area contributed by atoms with Crippen molar-refractivity contribution in [2.75, 3.05) is 45.9 Å². The Balaban J connectivity index is 1.50. The molecule has 1 aromatic heterocycles. The molecule has 0 spiro atoms. The summed E-state index contributed by atoms with van der Waals surface area (Å²) in [4.78, 5) is 44.9. The molecule has 3 heterocycles. The Kier molecular flexibility index (Phi) is 7.65. The average molecular weight is 470 g/mol. The maximum atomic E-state index is 13.4. The van der Waals surface area contributed by atoms with E-state index < -0.39 is 0 Å². The van der Waals surface area contributed by atoms with E-state index in [4.69, 9.17) is 4.74 Å². The molecule has 8 heteroatoms.